The lowest BCUT2D eigenvalue weighted by molar-refractivity contribution is 0.104. The summed E-state index contributed by atoms with van der Waals surface area (Å²) in [6.45, 7) is 0. The van der Waals surface area contributed by atoms with E-state index in [0.29, 0.717) is 11.1 Å². The number of ether oxygens (including phenoxy) is 1. The van der Waals surface area contributed by atoms with Crippen molar-refractivity contribution in [3.63, 3.8) is 0 Å². The quantitative estimate of drug-likeness (QED) is 0.452. The summed E-state index contributed by atoms with van der Waals surface area (Å²) in [5.41, 5.74) is -0.292. The van der Waals surface area contributed by atoms with E-state index >= 15 is 0 Å². The first-order chi connectivity index (χ1) is 11.6. The lowest BCUT2D eigenvalue weighted by atomic mass is 10.1. The number of hydrogen-bond acceptors (Lipinski definition) is 5. The lowest BCUT2D eigenvalue weighted by Gasteiger charge is -2.03. The van der Waals surface area contributed by atoms with Gasteiger partial charge in [-0.2, -0.15) is 0 Å². The summed E-state index contributed by atoms with van der Waals surface area (Å²) in [4.78, 5) is 24.3. The van der Waals surface area contributed by atoms with Crippen molar-refractivity contribution in [2.75, 3.05) is 7.11 Å². The highest BCUT2D eigenvalue weighted by Crippen LogP contribution is 2.26. The summed E-state index contributed by atoms with van der Waals surface area (Å²) in [6.07, 6.45) is 2.76. The van der Waals surface area contributed by atoms with Gasteiger partial charge in [-0.3, -0.25) is 4.79 Å². The van der Waals surface area contributed by atoms with E-state index in [4.69, 9.17) is 9.15 Å². The Balaban J connectivity index is 1.99. The Kier molecular flexibility index (Phi) is 4.16. The molecular weight excluding hydrogens is 308 g/mol. The minimum Gasteiger partial charge on any atom is -0.506 e. The largest absolute Gasteiger partial charge is 0.506 e. The van der Waals surface area contributed by atoms with Crippen molar-refractivity contribution in [2.45, 2.75) is 0 Å². The molecule has 0 fully saturated rings. The molecule has 0 spiro atoms. The second-order valence-corrected chi connectivity index (χ2v) is 5.08. The molecule has 5 heteroatoms. The third-order valence-corrected chi connectivity index (χ3v) is 3.55. The maximum absolute atomic E-state index is 12.3. The molecule has 1 N–H and O–H groups in total. The molecule has 1 aromatic heterocycles. The van der Waals surface area contributed by atoms with Crippen LogP contribution in [0.2, 0.25) is 0 Å². The van der Waals surface area contributed by atoms with Crippen LogP contribution in [0.25, 0.3) is 17.0 Å². The zero-order chi connectivity index (χ0) is 17.1. The first-order valence-corrected chi connectivity index (χ1v) is 7.21. The highest BCUT2D eigenvalue weighted by molar-refractivity contribution is 6.10. The molecular formula is C19H14O5. The van der Waals surface area contributed by atoms with Crippen molar-refractivity contribution in [1.29, 1.82) is 0 Å². The summed E-state index contributed by atoms with van der Waals surface area (Å²) < 4.78 is 10.2. The lowest BCUT2D eigenvalue weighted by Crippen LogP contribution is -2.12. The third kappa shape index (κ3) is 2.92. The number of fused-ring (bicyclic) bond motifs is 1. The normalized spacial score (nSPS) is 11.0. The predicted molar refractivity (Wildman–Crippen MR) is 90.5 cm³/mol. The molecule has 3 rings (SSSR count). The SMILES string of the molecule is COc1cccc(/C=C/C(=O)c2c(O)c3ccccc3oc2=O)c1. The third-order valence-electron chi connectivity index (χ3n) is 3.55. The van der Waals surface area contributed by atoms with Crippen molar-refractivity contribution in [3.8, 4) is 11.5 Å². The zero-order valence-corrected chi connectivity index (χ0v) is 12.9. The molecule has 5 nitrogen and oxygen atoms in total. The number of allylic oxidation sites excluding steroid dienone is 1. The number of ketones is 1. The highest BCUT2D eigenvalue weighted by atomic mass is 16.5. The van der Waals surface area contributed by atoms with Crippen LogP contribution < -0.4 is 10.4 Å². The van der Waals surface area contributed by atoms with Crippen LogP contribution in [0.5, 0.6) is 11.5 Å². The highest BCUT2D eigenvalue weighted by Gasteiger charge is 2.18. The van der Waals surface area contributed by atoms with Gasteiger partial charge in [0.25, 0.3) is 0 Å². The number of rotatable bonds is 4. The first kappa shape index (κ1) is 15.6. The molecule has 0 saturated heterocycles. The van der Waals surface area contributed by atoms with Gasteiger partial charge in [0.15, 0.2) is 5.78 Å². The average molecular weight is 322 g/mol. The van der Waals surface area contributed by atoms with Crippen molar-refractivity contribution >= 4 is 22.8 Å². The Bertz CT molecular complexity index is 998. The van der Waals surface area contributed by atoms with Crippen molar-refractivity contribution < 1.29 is 19.1 Å². The first-order valence-electron chi connectivity index (χ1n) is 7.21. The zero-order valence-electron chi connectivity index (χ0n) is 12.9. The van der Waals surface area contributed by atoms with Crippen LogP contribution in [-0.2, 0) is 0 Å². The molecule has 2 aromatic carbocycles. The number of methoxy groups -OCH3 is 1. The standard InChI is InChI=1S/C19H14O5/c1-23-13-6-4-5-12(11-13)9-10-15(20)17-18(21)14-7-2-3-8-16(14)24-19(17)22/h2-11,21H,1H3/b10-9+. The Morgan fingerprint density at radius 2 is 1.96 bits per heavy atom. The van der Waals surface area contributed by atoms with Crippen LogP contribution in [0.15, 0.2) is 63.8 Å². The van der Waals surface area contributed by atoms with Crippen LogP contribution in [0, 0.1) is 0 Å². The van der Waals surface area contributed by atoms with Crippen molar-refractivity contribution in [2.24, 2.45) is 0 Å². The number of hydrogen-bond donors (Lipinski definition) is 1. The van der Waals surface area contributed by atoms with Crippen LogP contribution in [0.3, 0.4) is 0 Å². The van der Waals surface area contributed by atoms with Gasteiger partial charge in [0.2, 0.25) is 0 Å². The second-order valence-electron chi connectivity index (χ2n) is 5.08. The molecule has 0 amide bonds. The van der Waals surface area contributed by atoms with Gasteiger partial charge >= 0.3 is 5.63 Å². The molecule has 3 aromatic rings. The molecule has 0 atom stereocenters. The Morgan fingerprint density at radius 1 is 1.17 bits per heavy atom. The number of carbonyl (C=O) groups is 1. The van der Waals surface area contributed by atoms with E-state index in [2.05, 4.69) is 0 Å². The van der Waals surface area contributed by atoms with Gasteiger partial charge in [-0.1, -0.05) is 30.3 Å². The van der Waals surface area contributed by atoms with E-state index in [0.717, 1.165) is 5.56 Å². The summed E-state index contributed by atoms with van der Waals surface area (Å²) in [7, 11) is 1.55. The fraction of sp³-hybridized carbons (Fsp3) is 0.0526. The Morgan fingerprint density at radius 3 is 2.75 bits per heavy atom. The molecule has 0 bridgehead atoms. The van der Waals surface area contributed by atoms with Gasteiger partial charge in [0.1, 0.15) is 22.6 Å². The minimum atomic E-state index is -0.869. The van der Waals surface area contributed by atoms with Gasteiger partial charge in [0.05, 0.1) is 12.5 Å². The topological polar surface area (TPSA) is 76.7 Å². The van der Waals surface area contributed by atoms with Gasteiger partial charge in [-0.25, -0.2) is 4.79 Å². The molecule has 0 saturated carbocycles. The molecule has 0 aliphatic heterocycles. The number of para-hydroxylation sites is 1. The molecule has 24 heavy (non-hydrogen) atoms. The van der Waals surface area contributed by atoms with E-state index in [1.807, 2.05) is 0 Å². The molecule has 120 valence electrons. The van der Waals surface area contributed by atoms with E-state index in [1.165, 1.54) is 6.08 Å². The van der Waals surface area contributed by atoms with E-state index < -0.39 is 11.4 Å². The van der Waals surface area contributed by atoms with E-state index in [-0.39, 0.29) is 16.9 Å². The molecule has 0 aliphatic rings. The van der Waals surface area contributed by atoms with E-state index in [1.54, 1.807) is 61.7 Å². The monoisotopic (exact) mass is 322 g/mol. The average Bonchev–Trinajstić information content (AvgIpc) is 2.60. The second kappa shape index (κ2) is 6.42. The van der Waals surface area contributed by atoms with Gasteiger partial charge in [-0.05, 0) is 35.9 Å². The fourth-order valence-electron chi connectivity index (χ4n) is 2.35. The van der Waals surface area contributed by atoms with Crippen LogP contribution in [-0.4, -0.2) is 18.0 Å². The Hall–Kier alpha value is -3.34. The van der Waals surface area contributed by atoms with Crippen molar-refractivity contribution in [3.05, 3.63) is 76.2 Å². The van der Waals surface area contributed by atoms with Crippen molar-refractivity contribution in [1.82, 2.24) is 0 Å². The molecule has 1 heterocycles. The molecule has 0 radical (unpaired) electrons. The molecule has 0 aliphatic carbocycles. The summed E-state index contributed by atoms with van der Waals surface area (Å²) in [5.74, 6) is -0.352. The van der Waals surface area contributed by atoms with Gasteiger partial charge < -0.3 is 14.3 Å². The van der Waals surface area contributed by atoms with Gasteiger partial charge in [-0.15, -0.1) is 0 Å². The smallest absolute Gasteiger partial charge is 0.351 e. The number of carbonyl (C=O) groups excluding carboxylic acids is 1. The van der Waals surface area contributed by atoms with Crippen LogP contribution in [0.1, 0.15) is 15.9 Å². The summed E-state index contributed by atoms with van der Waals surface area (Å²) >= 11 is 0. The number of benzene rings is 2. The maximum Gasteiger partial charge on any atom is 0.351 e. The van der Waals surface area contributed by atoms with Crippen LogP contribution >= 0.6 is 0 Å². The maximum atomic E-state index is 12.3. The Labute approximate surface area is 137 Å². The predicted octanol–water partition coefficient (Wildman–Crippen LogP) is 3.40. The summed E-state index contributed by atoms with van der Waals surface area (Å²) in [6, 6.07) is 13.6. The fourth-order valence-corrected chi connectivity index (χ4v) is 2.35. The molecule has 0 unspecified atom stereocenters. The van der Waals surface area contributed by atoms with Gasteiger partial charge in [0, 0.05) is 0 Å². The van der Waals surface area contributed by atoms with Crippen LogP contribution in [0.4, 0.5) is 0 Å². The minimum absolute atomic E-state index is 0.230. The van der Waals surface area contributed by atoms with E-state index in [9.17, 15) is 14.7 Å². The number of aromatic hydroxyl groups is 1. The summed E-state index contributed by atoms with van der Waals surface area (Å²) in [5, 5.41) is 10.6.